The van der Waals surface area contributed by atoms with Gasteiger partial charge in [-0.05, 0) is 37.3 Å². The van der Waals surface area contributed by atoms with Gasteiger partial charge in [0.15, 0.2) is 5.78 Å². The molecule has 1 N–H and O–H groups in total. The van der Waals surface area contributed by atoms with Gasteiger partial charge in [0.1, 0.15) is 0 Å². The highest BCUT2D eigenvalue weighted by molar-refractivity contribution is 7.94. The monoisotopic (exact) mass is 406 g/mol. The van der Waals surface area contributed by atoms with E-state index in [1.807, 2.05) is 0 Å². The van der Waals surface area contributed by atoms with Gasteiger partial charge in [0.25, 0.3) is 5.91 Å². The maximum Gasteiger partial charge on any atom is 0.255 e. The minimum atomic E-state index is -3.80. The van der Waals surface area contributed by atoms with Gasteiger partial charge in [-0.15, -0.1) is 0 Å². The van der Waals surface area contributed by atoms with E-state index >= 15 is 0 Å². The van der Waals surface area contributed by atoms with E-state index < -0.39 is 21.8 Å². The van der Waals surface area contributed by atoms with Crippen LogP contribution in [0.2, 0.25) is 5.02 Å². The standard InChI is InChI=1S/C18H15ClN2O5S/c1-11(22)12-3-2-4-14(9-12)20-18(24)13-5-6-15(19)16(10-13)21-17(23)7-8-27(21,25)26/h2-6,9-10H,7-8H2,1H3,(H,20,24). The van der Waals surface area contributed by atoms with Crippen molar-refractivity contribution in [2.24, 2.45) is 0 Å². The van der Waals surface area contributed by atoms with Crippen molar-refractivity contribution >= 4 is 50.6 Å². The summed E-state index contributed by atoms with van der Waals surface area (Å²) in [6.45, 7) is 1.42. The second-order valence-corrected chi connectivity index (χ2v) is 8.33. The highest BCUT2D eigenvalue weighted by Crippen LogP contribution is 2.33. The van der Waals surface area contributed by atoms with Gasteiger partial charge in [-0.1, -0.05) is 23.7 Å². The van der Waals surface area contributed by atoms with Gasteiger partial charge in [0.2, 0.25) is 15.9 Å². The number of nitrogens with zero attached hydrogens (tertiary/aromatic N) is 1. The van der Waals surface area contributed by atoms with E-state index in [1.54, 1.807) is 18.2 Å². The van der Waals surface area contributed by atoms with Crippen LogP contribution in [0.15, 0.2) is 42.5 Å². The van der Waals surface area contributed by atoms with Crippen molar-refractivity contribution in [1.29, 1.82) is 0 Å². The zero-order valence-corrected chi connectivity index (χ0v) is 15.8. The molecule has 0 aromatic heterocycles. The van der Waals surface area contributed by atoms with Crippen LogP contribution in [0.4, 0.5) is 11.4 Å². The quantitative estimate of drug-likeness (QED) is 0.787. The Hall–Kier alpha value is -2.71. The zero-order chi connectivity index (χ0) is 19.8. The summed E-state index contributed by atoms with van der Waals surface area (Å²) in [5.74, 6) is -1.56. The smallest absolute Gasteiger partial charge is 0.255 e. The Morgan fingerprint density at radius 2 is 1.85 bits per heavy atom. The lowest BCUT2D eigenvalue weighted by atomic mass is 10.1. The molecule has 1 aliphatic rings. The van der Waals surface area contributed by atoms with E-state index in [-0.39, 0.29) is 34.2 Å². The summed E-state index contributed by atoms with van der Waals surface area (Å²) >= 11 is 6.06. The van der Waals surface area contributed by atoms with Gasteiger partial charge in [-0.2, -0.15) is 0 Å². The molecule has 140 valence electrons. The molecule has 2 aromatic rings. The minimum Gasteiger partial charge on any atom is -0.322 e. The first-order valence-electron chi connectivity index (χ1n) is 7.97. The summed E-state index contributed by atoms with van der Waals surface area (Å²) < 4.78 is 24.9. The van der Waals surface area contributed by atoms with Gasteiger partial charge < -0.3 is 5.32 Å². The van der Waals surface area contributed by atoms with Crippen LogP contribution in [0.3, 0.4) is 0 Å². The Kier molecular flexibility index (Phi) is 5.03. The van der Waals surface area contributed by atoms with Crippen LogP contribution < -0.4 is 9.62 Å². The van der Waals surface area contributed by atoms with Crippen molar-refractivity contribution in [3.8, 4) is 0 Å². The van der Waals surface area contributed by atoms with E-state index in [0.717, 1.165) is 0 Å². The van der Waals surface area contributed by atoms with E-state index in [2.05, 4.69) is 5.32 Å². The Balaban J connectivity index is 1.92. The fraction of sp³-hybridized carbons (Fsp3) is 0.167. The number of ketones is 1. The molecule has 0 aliphatic carbocycles. The molecule has 1 saturated heterocycles. The molecular weight excluding hydrogens is 392 g/mol. The van der Waals surface area contributed by atoms with Gasteiger partial charge in [-0.3, -0.25) is 14.4 Å². The number of hydrogen-bond donors (Lipinski definition) is 1. The van der Waals surface area contributed by atoms with Crippen molar-refractivity contribution in [1.82, 2.24) is 0 Å². The van der Waals surface area contributed by atoms with Crippen LogP contribution in [-0.2, 0) is 14.8 Å². The highest BCUT2D eigenvalue weighted by Gasteiger charge is 2.37. The molecule has 27 heavy (non-hydrogen) atoms. The lowest BCUT2D eigenvalue weighted by molar-refractivity contribution is -0.116. The van der Waals surface area contributed by atoms with Gasteiger partial charge in [0, 0.05) is 23.2 Å². The molecule has 3 rings (SSSR count). The summed E-state index contributed by atoms with van der Waals surface area (Å²) in [4.78, 5) is 35.9. The number of Topliss-reactive ketones (excluding diaryl/α,β-unsaturated/α-hetero) is 1. The second kappa shape index (κ2) is 7.13. The molecule has 2 aromatic carbocycles. The van der Waals surface area contributed by atoms with Crippen LogP contribution in [0.1, 0.15) is 34.1 Å². The number of carbonyl (C=O) groups is 3. The molecule has 1 fully saturated rings. The number of sulfonamides is 1. The summed E-state index contributed by atoms with van der Waals surface area (Å²) in [6, 6.07) is 10.5. The summed E-state index contributed by atoms with van der Waals surface area (Å²) in [5, 5.41) is 2.68. The molecule has 0 radical (unpaired) electrons. The van der Waals surface area contributed by atoms with Crippen LogP contribution in [-0.4, -0.2) is 31.8 Å². The molecule has 7 nitrogen and oxygen atoms in total. The van der Waals surface area contributed by atoms with Crippen molar-refractivity contribution in [2.45, 2.75) is 13.3 Å². The predicted molar refractivity (Wildman–Crippen MR) is 102 cm³/mol. The average molecular weight is 407 g/mol. The van der Waals surface area contributed by atoms with E-state index in [9.17, 15) is 22.8 Å². The fourth-order valence-electron chi connectivity index (χ4n) is 2.68. The number of anilines is 2. The normalized spacial score (nSPS) is 15.6. The molecule has 9 heteroatoms. The molecule has 0 atom stereocenters. The number of nitrogens with one attached hydrogen (secondary N) is 1. The van der Waals surface area contributed by atoms with E-state index in [1.165, 1.54) is 31.2 Å². The minimum absolute atomic E-state index is 0.0453. The number of halogens is 1. The maximum absolute atomic E-state index is 12.5. The first-order chi connectivity index (χ1) is 12.7. The second-order valence-electron chi connectivity index (χ2n) is 5.98. The first kappa shape index (κ1) is 19.1. The van der Waals surface area contributed by atoms with Crippen LogP contribution >= 0.6 is 11.6 Å². The van der Waals surface area contributed by atoms with Gasteiger partial charge in [-0.25, -0.2) is 12.7 Å². The van der Waals surface area contributed by atoms with Crippen LogP contribution in [0.25, 0.3) is 0 Å². The number of hydrogen-bond acceptors (Lipinski definition) is 5. The highest BCUT2D eigenvalue weighted by atomic mass is 35.5. The van der Waals surface area contributed by atoms with Crippen molar-refractivity contribution in [2.75, 3.05) is 15.4 Å². The molecule has 2 amide bonds. The molecule has 0 spiro atoms. The number of rotatable bonds is 4. The van der Waals surface area contributed by atoms with Crippen LogP contribution in [0.5, 0.6) is 0 Å². The SMILES string of the molecule is CC(=O)c1cccc(NC(=O)c2ccc(Cl)c(N3C(=O)CCS3(=O)=O)c2)c1. The fourth-order valence-corrected chi connectivity index (χ4v) is 4.40. The Morgan fingerprint density at radius 3 is 2.48 bits per heavy atom. The van der Waals surface area contributed by atoms with E-state index in [4.69, 9.17) is 11.6 Å². The third kappa shape index (κ3) is 3.86. The van der Waals surface area contributed by atoms with Crippen molar-refractivity contribution in [3.05, 3.63) is 58.6 Å². The third-order valence-corrected chi connectivity index (χ3v) is 6.03. The number of carbonyl (C=O) groups excluding carboxylic acids is 3. The molecule has 0 bridgehead atoms. The molecule has 0 unspecified atom stereocenters. The lowest BCUT2D eigenvalue weighted by Gasteiger charge is -2.17. The lowest BCUT2D eigenvalue weighted by Crippen LogP contribution is -2.29. The summed E-state index contributed by atoms with van der Waals surface area (Å²) in [7, 11) is -3.80. The maximum atomic E-state index is 12.5. The number of benzene rings is 2. The summed E-state index contributed by atoms with van der Waals surface area (Å²) in [6.07, 6.45) is -0.132. The zero-order valence-electron chi connectivity index (χ0n) is 14.2. The van der Waals surface area contributed by atoms with Crippen molar-refractivity contribution < 1.29 is 22.8 Å². The number of amides is 2. The molecule has 1 heterocycles. The van der Waals surface area contributed by atoms with Crippen LogP contribution in [0, 0.1) is 0 Å². The van der Waals surface area contributed by atoms with Crippen molar-refractivity contribution in [3.63, 3.8) is 0 Å². The summed E-state index contributed by atoms with van der Waals surface area (Å²) in [5.41, 5.74) is 0.925. The topological polar surface area (TPSA) is 101 Å². The molecule has 1 aliphatic heterocycles. The Morgan fingerprint density at radius 1 is 1.11 bits per heavy atom. The Bertz CT molecular complexity index is 1070. The molecule has 0 saturated carbocycles. The first-order valence-corrected chi connectivity index (χ1v) is 9.95. The molecular formula is C18H15ClN2O5S. The Labute approximate surface area is 161 Å². The predicted octanol–water partition coefficient (Wildman–Crippen LogP) is 2.86. The van der Waals surface area contributed by atoms with Gasteiger partial charge >= 0.3 is 0 Å². The largest absolute Gasteiger partial charge is 0.322 e. The third-order valence-electron chi connectivity index (χ3n) is 4.03. The van der Waals surface area contributed by atoms with E-state index in [0.29, 0.717) is 15.6 Å². The van der Waals surface area contributed by atoms with Gasteiger partial charge in [0.05, 0.1) is 16.5 Å². The average Bonchev–Trinajstić information content (AvgIpc) is 2.88.